The summed E-state index contributed by atoms with van der Waals surface area (Å²) in [6.07, 6.45) is 5.24. The van der Waals surface area contributed by atoms with E-state index in [0.717, 1.165) is 43.2 Å². The number of rotatable bonds is 4. The highest BCUT2D eigenvalue weighted by molar-refractivity contribution is 5.71. The zero-order valence-electron chi connectivity index (χ0n) is 17.1. The summed E-state index contributed by atoms with van der Waals surface area (Å²) in [7, 11) is 0. The number of aryl methyl sites for hydroxylation is 2. The number of allylic oxidation sites excluding steroid dienone is 6. The number of oxazole rings is 1. The van der Waals surface area contributed by atoms with Crippen molar-refractivity contribution in [3.63, 3.8) is 0 Å². The Bertz CT molecular complexity index is 862. The number of anilines is 1. The molecule has 1 aliphatic carbocycles. The molecule has 1 heterocycles. The second-order valence-corrected chi connectivity index (χ2v) is 6.81. The van der Waals surface area contributed by atoms with Gasteiger partial charge >= 0.3 is 6.18 Å². The molecule has 1 aromatic heterocycles. The lowest BCUT2D eigenvalue weighted by Crippen LogP contribution is -2.10. The van der Waals surface area contributed by atoms with Gasteiger partial charge < -0.3 is 10.2 Å². The van der Waals surface area contributed by atoms with Crippen molar-refractivity contribution < 1.29 is 22.0 Å². The normalized spacial score (nSPS) is 15.0. The minimum atomic E-state index is -4.38. The average molecular weight is 422 g/mol. The van der Waals surface area contributed by atoms with Crippen LogP contribution in [0.15, 0.2) is 58.6 Å². The molecular formula is C23H26F4N2O. The number of benzene rings is 1. The number of aromatic nitrogens is 1. The van der Waals surface area contributed by atoms with E-state index in [4.69, 9.17) is 10.2 Å². The topological polar surface area (TPSA) is 52.0 Å². The number of hydrogen-bond donors (Lipinski definition) is 1. The first-order valence-electron chi connectivity index (χ1n) is 9.86. The number of nitrogens with zero attached hydrogens (tertiary/aromatic N) is 1. The molecule has 0 unspecified atom stereocenters. The summed E-state index contributed by atoms with van der Waals surface area (Å²) < 4.78 is 56.9. The fourth-order valence-corrected chi connectivity index (χ4v) is 2.94. The summed E-state index contributed by atoms with van der Waals surface area (Å²) in [6.45, 7) is 3.44. The molecule has 0 bridgehead atoms. The molecule has 30 heavy (non-hydrogen) atoms. The van der Waals surface area contributed by atoms with Gasteiger partial charge in [-0.05, 0) is 62.9 Å². The van der Waals surface area contributed by atoms with E-state index in [1.54, 1.807) is 26.0 Å². The molecule has 1 aromatic carbocycles. The van der Waals surface area contributed by atoms with Gasteiger partial charge in [0.25, 0.3) is 0 Å². The molecule has 0 fully saturated rings. The average Bonchev–Trinajstić information content (AvgIpc) is 3.13. The van der Waals surface area contributed by atoms with E-state index in [1.807, 2.05) is 0 Å². The van der Waals surface area contributed by atoms with E-state index in [1.165, 1.54) is 30.3 Å². The van der Waals surface area contributed by atoms with Crippen molar-refractivity contribution in [2.24, 2.45) is 0 Å². The summed E-state index contributed by atoms with van der Waals surface area (Å²) in [5.41, 5.74) is 6.42. The van der Waals surface area contributed by atoms with Crippen LogP contribution in [0.2, 0.25) is 0 Å². The molecule has 0 atom stereocenters. The van der Waals surface area contributed by atoms with Crippen LogP contribution < -0.4 is 5.73 Å². The molecule has 0 saturated heterocycles. The molecule has 1 aliphatic rings. The predicted octanol–water partition coefficient (Wildman–Crippen LogP) is 6.82. The van der Waals surface area contributed by atoms with Gasteiger partial charge in [-0.3, -0.25) is 0 Å². The first kappa shape index (κ1) is 23.4. The summed E-state index contributed by atoms with van der Waals surface area (Å²) >= 11 is 0. The Morgan fingerprint density at radius 2 is 1.83 bits per heavy atom. The maximum absolute atomic E-state index is 13.1. The molecule has 0 spiro atoms. The molecule has 162 valence electrons. The summed E-state index contributed by atoms with van der Waals surface area (Å²) in [5, 5.41) is 0. The zero-order chi connectivity index (χ0) is 22.1. The molecule has 3 nitrogen and oxygen atoms in total. The standard InChI is InChI=1S/C17H20F3NO.C6H6FN/c1-3-7-12(11-13(8-4-2)17(18,19)20)16-21-14-9-5-6-10-15(14)22-16;7-5-1-3-6(8)4-2-5/h3,7-8,11H,4-6,9-10H2,1-2H3;1-4H,8H2/b7-3-,12-11+,13-8-;. The summed E-state index contributed by atoms with van der Waals surface area (Å²) in [4.78, 5) is 4.38. The van der Waals surface area contributed by atoms with Crippen molar-refractivity contribution in [3.8, 4) is 0 Å². The lowest BCUT2D eigenvalue weighted by atomic mass is 10.0. The van der Waals surface area contributed by atoms with Gasteiger partial charge in [0.2, 0.25) is 5.89 Å². The highest BCUT2D eigenvalue weighted by Crippen LogP contribution is 2.31. The number of halogens is 4. The Hall–Kier alpha value is -2.83. The van der Waals surface area contributed by atoms with Crippen LogP contribution in [-0.2, 0) is 12.8 Å². The van der Waals surface area contributed by atoms with Crippen molar-refractivity contribution in [3.05, 3.63) is 77.3 Å². The number of nitrogen functional groups attached to an aromatic ring is 1. The number of hydrogen-bond acceptors (Lipinski definition) is 3. The molecule has 7 heteroatoms. The minimum Gasteiger partial charge on any atom is -0.441 e. The van der Waals surface area contributed by atoms with E-state index in [-0.39, 0.29) is 11.7 Å². The van der Waals surface area contributed by atoms with E-state index in [9.17, 15) is 17.6 Å². The third-order valence-electron chi connectivity index (χ3n) is 4.37. The zero-order valence-corrected chi connectivity index (χ0v) is 17.1. The fraction of sp³-hybridized carbons (Fsp3) is 0.348. The summed E-state index contributed by atoms with van der Waals surface area (Å²) in [6, 6.07) is 5.70. The second-order valence-electron chi connectivity index (χ2n) is 6.81. The Kier molecular flexibility index (Phi) is 8.45. The molecule has 0 amide bonds. The van der Waals surface area contributed by atoms with Crippen molar-refractivity contribution >= 4 is 11.3 Å². The van der Waals surface area contributed by atoms with Gasteiger partial charge in [0.1, 0.15) is 11.6 Å². The van der Waals surface area contributed by atoms with Gasteiger partial charge in [-0.25, -0.2) is 9.37 Å². The third kappa shape index (κ3) is 6.90. The van der Waals surface area contributed by atoms with Gasteiger partial charge in [0, 0.05) is 17.7 Å². The molecular weight excluding hydrogens is 396 g/mol. The largest absolute Gasteiger partial charge is 0.441 e. The SMILES string of the molecule is C\C=C/C(=C\C(=C\CC)C(F)(F)F)c1nc2c(o1)CCCC2.Nc1ccc(F)cc1. The summed E-state index contributed by atoms with van der Waals surface area (Å²) in [5.74, 6) is 0.833. The van der Waals surface area contributed by atoms with E-state index < -0.39 is 11.7 Å². The van der Waals surface area contributed by atoms with Gasteiger partial charge in [0.15, 0.2) is 0 Å². The monoisotopic (exact) mass is 422 g/mol. The van der Waals surface area contributed by atoms with E-state index >= 15 is 0 Å². The van der Waals surface area contributed by atoms with Crippen LogP contribution in [0.1, 0.15) is 50.5 Å². The lowest BCUT2D eigenvalue weighted by Gasteiger charge is -2.08. The van der Waals surface area contributed by atoms with Gasteiger partial charge in [-0.1, -0.05) is 25.2 Å². The van der Waals surface area contributed by atoms with Crippen LogP contribution in [0.5, 0.6) is 0 Å². The first-order chi connectivity index (χ1) is 14.2. The Morgan fingerprint density at radius 1 is 1.17 bits per heavy atom. The Morgan fingerprint density at radius 3 is 2.37 bits per heavy atom. The first-order valence-corrected chi connectivity index (χ1v) is 9.86. The molecule has 0 radical (unpaired) electrons. The smallest absolute Gasteiger partial charge is 0.416 e. The van der Waals surface area contributed by atoms with Crippen LogP contribution in [-0.4, -0.2) is 11.2 Å². The molecule has 2 aromatic rings. The van der Waals surface area contributed by atoms with Crippen molar-refractivity contribution in [2.75, 3.05) is 5.73 Å². The van der Waals surface area contributed by atoms with Crippen molar-refractivity contribution in [2.45, 2.75) is 52.1 Å². The minimum absolute atomic E-state index is 0.251. The molecule has 0 saturated carbocycles. The Balaban J connectivity index is 0.000000335. The van der Waals surface area contributed by atoms with E-state index in [2.05, 4.69) is 4.98 Å². The van der Waals surface area contributed by atoms with Gasteiger partial charge in [-0.2, -0.15) is 13.2 Å². The molecule has 2 N–H and O–H groups in total. The fourth-order valence-electron chi connectivity index (χ4n) is 2.94. The third-order valence-corrected chi connectivity index (χ3v) is 4.37. The van der Waals surface area contributed by atoms with Gasteiger partial charge in [0.05, 0.1) is 11.3 Å². The maximum Gasteiger partial charge on any atom is 0.416 e. The van der Waals surface area contributed by atoms with Crippen LogP contribution >= 0.6 is 0 Å². The number of fused-ring (bicyclic) bond motifs is 1. The van der Waals surface area contributed by atoms with Crippen molar-refractivity contribution in [1.29, 1.82) is 0 Å². The highest BCUT2D eigenvalue weighted by atomic mass is 19.4. The Labute approximate surface area is 174 Å². The predicted molar refractivity (Wildman–Crippen MR) is 111 cm³/mol. The number of alkyl halides is 3. The van der Waals surface area contributed by atoms with Gasteiger partial charge in [-0.15, -0.1) is 0 Å². The maximum atomic E-state index is 13.1. The van der Waals surface area contributed by atoms with Crippen LogP contribution in [0.25, 0.3) is 5.57 Å². The second kappa shape index (κ2) is 10.8. The molecule has 3 rings (SSSR count). The van der Waals surface area contributed by atoms with Crippen LogP contribution in [0.3, 0.4) is 0 Å². The van der Waals surface area contributed by atoms with Crippen LogP contribution in [0, 0.1) is 5.82 Å². The number of nitrogens with two attached hydrogens (primary N) is 1. The van der Waals surface area contributed by atoms with Crippen molar-refractivity contribution in [1.82, 2.24) is 4.98 Å². The van der Waals surface area contributed by atoms with E-state index in [0.29, 0.717) is 17.7 Å². The lowest BCUT2D eigenvalue weighted by molar-refractivity contribution is -0.0883. The quantitative estimate of drug-likeness (QED) is 0.334. The molecule has 0 aliphatic heterocycles. The highest BCUT2D eigenvalue weighted by Gasteiger charge is 2.32. The van der Waals surface area contributed by atoms with Crippen LogP contribution in [0.4, 0.5) is 23.2 Å².